The Labute approximate surface area is 127 Å². The van der Waals surface area contributed by atoms with Crippen LogP contribution in [0.3, 0.4) is 0 Å². The molecule has 3 heterocycles. The molecule has 1 amide bonds. The van der Waals surface area contributed by atoms with E-state index in [1.807, 2.05) is 36.7 Å². The number of amides is 1. The first-order valence-corrected chi connectivity index (χ1v) is 7.52. The van der Waals surface area contributed by atoms with Crippen molar-refractivity contribution >= 4 is 16.8 Å². The van der Waals surface area contributed by atoms with Gasteiger partial charge < -0.3 is 9.88 Å². The molecule has 0 saturated carbocycles. The van der Waals surface area contributed by atoms with Gasteiger partial charge in [-0.05, 0) is 18.4 Å². The Hall–Kier alpha value is -2.63. The minimum Gasteiger partial charge on any atom is -0.350 e. The van der Waals surface area contributed by atoms with E-state index in [0.717, 1.165) is 36.1 Å². The van der Waals surface area contributed by atoms with Gasteiger partial charge in [0.1, 0.15) is 5.82 Å². The van der Waals surface area contributed by atoms with Gasteiger partial charge in [0.2, 0.25) is 0 Å². The second-order valence-corrected chi connectivity index (χ2v) is 5.72. The smallest absolute Gasteiger partial charge is 0.272 e. The van der Waals surface area contributed by atoms with E-state index in [2.05, 4.69) is 25.1 Å². The largest absolute Gasteiger partial charge is 0.350 e. The molecule has 0 bridgehead atoms. The van der Waals surface area contributed by atoms with Crippen molar-refractivity contribution in [1.82, 2.24) is 25.1 Å². The minimum absolute atomic E-state index is 0.119. The number of carbonyl (C=O) groups is 1. The average Bonchev–Trinajstić information content (AvgIpc) is 3.18. The van der Waals surface area contributed by atoms with E-state index in [4.69, 9.17) is 0 Å². The van der Waals surface area contributed by atoms with E-state index in [9.17, 15) is 4.79 Å². The van der Waals surface area contributed by atoms with Gasteiger partial charge in [0, 0.05) is 37.3 Å². The average molecular weight is 295 g/mol. The summed E-state index contributed by atoms with van der Waals surface area (Å²) in [6.45, 7) is 1.63. The maximum absolute atomic E-state index is 12.3. The standard InChI is InChI=1S/C16H17N5O/c22-16(15-12-3-1-2-4-13(12)19-20-15)18-10-11-5-7-21-8-6-17-14(21)9-11/h1-4,6,8,11H,5,7,9-10H2,(H,18,22)(H,19,20). The predicted molar refractivity (Wildman–Crippen MR) is 82.5 cm³/mol. The maximum atomic E-state index is 12.3. The molecule has 0 fully saturated rings. The molecule has 1 atom stereocenters. The van der Waals surface area contributed by atoms with Crippen LogP contribution in [0.1, 0.15) is 22.7 Å². The summed E-state index contributed by atoms with van der Waals surface area (Å²) in [5, 5.41) is 10.9. The Balaban J connectivity index is 1.43. The number of imidazole rings is 1. The number of hydrogen-bond acceptors (Lipinski definition) is 3. The van der Waals surface area contributed by atoms with Crippen molar-refractivity contribution in [2.75, 3.05) is 6.54 Å². The van der Waals surface area contributed by atoms with Crippen LogP contribution in [-0.2, 0) is 13.0 Å². The molecule has 1 aliphatic heterocycles. The molecule has 112 valence electrons. The van der Waals surface area contributed by atoms with E-state index < -0.39 is 0 Å². The van der Waals surface area contributed by atoms with E-state index in [-0.39, 0.29) is 5.91 Å². The molecule has 1 unspecified atom stereocenters. The minimum atomic E-state index is -0.119. The molecule has 4 rings (SSSR count). The number of aromatic nitrogens is 4. The summed E-state index contributed by atoms with van der Waals surface area (Å²) in [6, 6.07) is 7.66. The molecule has 0 saturated heterocycles. The highest BCUT2D eigenvalue weighted by Crippen LogP contribution is 2.19. The lowest BCUT2D eigenvalue weighted by Crippen LogP contribution is -2.33. The Morgan fingerprint density at radius 3 is 3.27 bits per heavy atom. The first-order chi connectivity index (χ1) is 10.8. The van der Waals surface area contributed by atoms with E-state index in [1.165, 1.54) is 0 Å². The van der Waals surface area contributed by atoms with Crippen LogP contribution in [0.25, 0.3) is 10.9 Å². The van der Waals surface area contributed by atoms with Gasteiger partial charge in [-0.2, -0.15) is 5.10 Å². The third-order valence-corrected chi connectivity index (χ3v) is 4.29. The molecule has 6 heteroatoms. The predicted octanol–water partition coefficient (Wildman–Crippen LogP) is 1.75. The number of nitrogens with zero attached hydrogens (tertiary/aromatic N) is 3. The van der Waals surface area contributed by atoms with Crippen molar-refractivity contribution in [2.45, 2.75) is 19.4 Å². The lowest BCUT2D eigenvalue weighted by molar-refractivity contribution is 0.0941. The topological polar surface area (TPSA) is 75.6 Å². The summed E-state index contributed by atoms with van der Waals surface area (Å²) in [6.07, 6.45) is 5.83. The summed E-state index contributed by atoms with van der Waals surface area (Å²) < 4.78 is 2.18. The number of nitrogens with one attached hydrogen (secondary N) is 2. The summed E-state index contributed by atoms with van der Waals surface area (Å²) in [5.74, 6) is 1.42. The van der Waals surface area contributed by atoms with Crippen LogP contribution < -0.4 is 5.32 Å². The number of para-hydroxylation sites is 1. The first-order valence-electron chi connectivity index (χ1n) is 7.52. The van der Waals surface area contributed by atoms with Crippen molar-refractivity contribution in [2.24, 2.45) is 5.92 Å². The Morgan fingerprint density at radius 1 is 1.41 bits per heavy atom. The summed E-state index contributed by atoms with van der Waals surface area (Å²) in [5.41, 5.74) is 1.35. The molecule has 0 radical (unpaired) electrons. The molecule has 2 N–H and O–H groups in total. The molecule has 1 aliphatic rings. The first kappa shape index (κ1) is 13.1. The van der Waals surface area contributed by atoms with E-state index >= 15 is 0 Å². The summed E-state index contributed by atoms with van der Waals surface area (Å²) in [7, 11) is 0. The summed E-state index contributed by atoms with van der Waals surface area (Å²) >= 11 is 0. The Kier molecular flexibility index (Phi) is 3.14. The molecular weight excluding hydrogens is 278 g/mol. The Morgan fingerprint density at radius 2 is 2.32 bits per heavy atom. The second kappa shape index (κ2) is 5.29. The van der Waals surface area contributed by atoms with Crippen LogP contribution in [-0.4, -0.2) is 32.2 Å². The SMILES string of the molecule is O=C(NCC1CCn2ccnc2C1)c1n[nH]c2ccccc12. The number of H-pyrrole nitrogens is 1. The quantitative estimate of drug-likeness (QED) is 0.773. The highest BCUT2D eigenvalue weighted by Gasteiger charge is 2.21. The molecule has 1 aromatic carbocycles. The number of carbonyl (C=O) groups excluding carboxylic acids is 1. The van der Waals surface area contributed by atoms with Gasteiger partial charge in [-0.15, -0.1) is 0 Å². The van der Waals surface area contributed by atoms with Crippen LogP contribution >= 0.6 is 0 Å². The number of benzene rings is 1. The third-order valence-electron chi connectivity index (χ3n) is 4.29. The fourth-order valence-corrected chi connectivity index (χ4v) is 3.05. The third kappa shape index (κ3) is 2.26. The van der Waals surface area contributed by atoms with Gasteiger partial charge in [0.25, 0.3) is 5.91 Å². The van der Waals surface area contributed by atoms with E-state index in [1.54, 1.807) is 0 Å². The van der Waals surface area contributed by atoms with Gasteiger partial charge in [-0.1, -0.05) is 18.2 Å². The molecule has 3 aromatic rings. The fraction of sp³-hybridized carbons (Fsp3) is 0.312. The monoisotopic (exact) mass is 295 g/mol. The van der Waals surface area contributed by atoms with Gasteiger partial charge in [-0.3, -0.25) is 9.89 Å². The maximum Gasteiger partial charge on any atom is 0.272 e. The van der Waals surface area contributed by atoms with Crippen molar-refractivity contribution in [3.8, 4) is 0 Å². The van der Waals surface area contributed by atoms with Crippen LogP contribution in [0.4, 0.5) is 0 Å². The molecular formula is C16H17N5O. The molecule has 6 nitrogen and oxygen atoms in total. The number of rotatable bonds is 3. The van der Waals surface area contributed by atoms with Gasteiger partial charge in [0.15, 0.2) is 5.69 Å². The fourth-order valence-electron chi connectivity index (χ4n) is 3.05. The molecule has 0 spiro atoms. The zero-order chi connectivity index (χ0) is 14.9. The summed E-state index contributed by atoms with van der Waals surface area (Å²) in [4.78, 5) is 16.7. The Bertz CT molecular complexity index is 819. The molecule has 0 aliphatic carbocycles. The number of aromatic amines is 1. The molecule has 2 aromatic heterocycles. The van der Waals surface area contributed by atoms with Crippen LogP contribution in [0.2, 0.25) is 0 Å². The zero-order valence-corrected chi connectivity index (χ0v) is 12.1. The lowest BCUT2D eigenvalue weighted by Gasteiger charge is -2.23. The van der Waals surface area contributed by atoms with E-state index in [0.29, 0.717) is 18.2 Å². The highest BCUT2D eigenvalue weighted by molar-refractivity contribution is 6.04. The van der Waals surface area contributed by atoms with Crippen LogP contribution in [0, 0.1) is 5.92 Å². The number of fused-ring (bicyclic) bond motifs is 2. The zero-order valence-electron chi connectivity index (χ0n) is 12.1. The van der Waals surface area contributed by atoms with Crippen molar-refractivity contribution in [3.63, 3.8) is 0 Å². The lowest BCUT2D eigenvalue weighted by atomic mass is 9.98. The van der Waals surface area contributed by atoms with Gasteiger partial charge in [-0.25, -0.2) is 4.98 Å². The number of aryl methyl sites for hydroxylation is 1. The van der Waals surface area contributed by atoms with Gasteiger partial charge in [0.05, 0.1) is 5.52 Å². The number of hydrogen-bond donors (Lipinski definition) is 2. The normalized spacial score (nSPS) is 17.4. The van der Waals surface area contributed by atoms with Crippen molar-refractivity contribution < 1.29 is 4.79 Å². The second-order valence-electron chi connectivity index (χ2n) is 5.72. The van der Waals surface area contributed by atoms with Crippen LogP contribution in [0.15, 0.2) is 36.7 Å². The van der Waals surface area contributed by atoms with Crippen molar-refractivity contribution in [3.05, 3.63) is 48.2 Å². The van der Waals surface area contributed by atoms with Crippen LogP contribution in [0.5, 0.6) is 0 Å². The molecule has 22 heavy (non-hydrogen) atoms. The van der Waals surface area contributed by atoms with Crippen molar-refractivity contribution in [1.29, 1.82) is 0 Å². The van der Waals surface area contributed by atoms with Gasteiger partial charge >= 0.3 is 0 Å². The highest BCUT2D eigenvalue weighted by atomic mass is 16.1.